The number of ether oxygens (including phenoxy) is 1. The average molecular weight is 357 g/mol. The van der Waals surface area contributed by atoms with Gasteiger partial charge in [0.25, 0.3) is 0 Å². The lowest BCUT2D eigenvalue weighted by atomic mass is 9.98. The Labute approximate surface area is 147 Å². The third-order valence-corrected chi connectivity index (χ3v) is 4.46. The molecule has 0 saturated carbocycles. The molecule has 0 saturated heterocycles. The summed E-state index contributed by atoms with van der Waals surface area (Å²) in [7, 11) is 0. The molecule has 0 bridgehead atoms. The van der Waals surface area contributed by atoms with Gasteiger partial charge in [0.2, 0.25) is 0 Å². The van der Waals surface area contributed by atoms with Crippen molar-refractivity contribution in [3.63, 3.8) is 0 Å². The fraction of sp³-hybridized carbons (Fsp3) is 0.556. The summed E-state index contributed by atoms with van der Waals surface area (Å²) < 4.78 is 4.86. The van der Waals surface area contributed by atoms with Gasteiger partial charge in [-0.25, -0.2) is 0 Å². The first-order valence-corrected chi connectivity index (χ1v) is 8.65. The molecule has 1 aromatic carbocycles. The lowest BCUT2D eigenvalue weighted by Crippen LogP contribution is -2.03. The summed E-state index contributed by atoms with van der Waals surface area (Å²) >= 11 is 6.01. The van der Waals surface area contributed by atoms with Gasteiger partial charge in [0.15, 0.2) is 6.29 Å². The molecule has 6 heteroatoms. The fourth-order valence-corrected chi connectivity index (χ4v) is 2.81. The first-order chi connectivity index (χ1) is 11.4. The Bertz CT molecular complexity index is 584. The van der Waals surface area contributed by atoms with E-state index in [1.807, 2.05) is 0 Å². The normalized spacial score (nSPS) is 10.6. The number of halogens is 1. The van der Waals surface area contributed by atoms with E-state index in [1.165, 1.54) is 0 Å². The summed E-state index contributed by atoms with van der Waals surface area (Å²) in [6.45, 7) is 3.78. The molecule has 134 valence electrons. The Morgan fingerprint density at radius 2 is 1.75 bits per heavy atom. The van der Waals surface area contributed by atoms with Crippen LogP contribution >= 0.6 is 11.6 Å². The van der Waals surface area contributed by atoms with Crippen LogP contribution in [0.5, 0.6) is 11.5 Å². The monoisotopic (exact) mass is 356 g/mol. The first-order valence-electron chi connectivity index (χ1n) is 8.27. The van der Waals surface area contributed by atoms with Crippen LogP contribution in [0.3, 0.4) is 0 Å². The van der Waals surface area contributed by atoms with E-state index in [0.29, 0.717) is 36.9 Å². The summed E-state index contributed by atoms with van der Waals surface area (Å²) in [5.41, 5.74) is 0.825. The molecular formula is C18H25ClO5. The summed E-state index contributed by atoms with van der Waals surface area (Å²) in [6.07, 6.45) is 5.73. The molecule has 0 aliphatic rings. The van der Waals surface area contributed by atoms with Gasteiger partial charge >= 0.3 is 5.97 Å². The smallest absolute Gasteiger partial charge is 0.305 e. The summed E-state index contributed by atoms with van der Waals surface area (Å²) in [4.78, 5) is 22.3. The van der Waals surface area contributed by atoms with Crippen molar-refractivity contribution in [1.82, 2.24) is 0 Å². The fourth-order valence-electron chi connectivity index (χ4n) is 2.60. The number of phenolic OH excluding ortho intramolecular Hbond substituents is 2. The maximum Gasteiger partial charge on any atom is 0.305 e. The van der Waals surface area contributed by atoms with E-state index in [1.54, 1.807) is 13.8 Å². The van der Waals surface area contributed by atoms with Crippen LogP contribution in [0.4, 0.5) is 0 Å². The van der Waals surface area contributed by atoms with Crippen LogP contribution in [0.1, 0.15) is 66.9 Å². The molecule has 0 radical (unpaired) electrons. The van der Waals surface area contributed by atoms with Crippen molar-refractivity contribution in [1.29, 1.82) is 0 Å². The van der Waals surface area contributed by atoms with Crippen LogP contribution in [-0.4, -0.2) is 29.1 Å². The number of aromatic hydroxyl groups is 2. The third-order valence-electron chi connectivity index (χ3n) is 4.00. The van der Waals surface area contributed by atoms with Crippen LogP contribution in [-0.2, 0) is 16.0 Å². The lowest BCUT2D eigenvalue weighted by Gasteiger charge is -2.13. The minimum atomic E-state index is -0.188. The van der Waals surface area contributed by atoms with Crippen molar-refractivity contribution in [2.24, 2.45) is 0 Å². The Hall–Kier alpha value is -1.75. The van der Waals surface area contributed by atoms with Gasteiger partial charge in [-0.15, -0.1) is 0 Å². The number of hydrogen-bond acceptors (Lipinski definition) is 5. The number of aldehydes is 1. The molecule has 0 amide bonds. The Kier molecular flexibility index (Phi) is 8.61. The zero-order valence-corrected chi connectivity index (χ0v) is 15.0. The van der Waals surface area contributed by atoms with Crippen molar-refractivity contribution in [3.8, 4) is 11.5 Å². The van der Waals surface area contributed by atoms with Gasteiger partial charge < -0.3 is 14.9 Å². The number of phenols is 2. The van der Waals surface area contributed by atoms with E-state index < -0.39 is 0 Å². The molecule has 0 heterocycles. The Balaban J connectivity index is 2.45. The summed E-state index contributed by atoms with van der Waals surface area (Å²) in [5, 5.41) is 20.3. The Morgan fingerprint density at radius 3 is 2.38 bits per heavy atom. The molecule has 0 aromatic heterocycles. The van der Waals surface area contributed by atoms with Gasteiger partial charge in [0.1, 0.15) is 11.5 Å². The first kappa shape index (κ1) is 20.3. The molecule has 2 N–H and O–H groups in total. The minimum absolute atomic E-state index is 0.110. The second kappa shape index (κ2) is 10.2. The highest BCUT2D eigenvalue weighted by atomic mass is 35.5. The largest absolute Gasteiger partial charge is 0.507 e. The van der Waals surface area contributed by atoms with Crippen molar-refractivity contribution in [2.45, 2.75) is 58.8 Å². The standard InChI is InChI=1S/C18H25ClO5/c1-3-24-15(21)10-8-6-4-5-7-9-13-17(22)14(11-20)12(2)16(19)18(13)23/h11,22-23H,3-10H2,1-2H3. The molecular weight excluding hydrogens is 332 g/mol. The van der Waals surface area contributed by atoms with Crippen molar-refractivity contribution in [2.75, 3.05) is 6.61 Å². The average Bonchev–Trinajstić information content (AvgIpc) is 2.55. The number of esters is 1. The zero-order chi connectivity index (χ0) is 18.1. The maximum absolute atomic E-state index is 11.2. The van der Waals surface area contributed by atoms with E-state index >= 15 is 0 Å². The van der Waals surface area contributed by atoms with Gasteiger partial charge in [-0.3, -0.25) is 9.59 Å². The third kappa shape index (κ3) is 5.41. The predicted octanol–water partition coefficient (Wildman–Crippen LogP) is 4.32. The predicted molar refractivity (Wildman–Crippen MR) is 92.9 cm³/mol. The minimum Gasteiger partial charge on any atom is -0.507 e. The van der Waals surface area contributed by atoms with E-state index in [9.17, 15) is 19.8 Å². The number of unbranched alkanes of at least 4 members (excludes halogenated alkanes) is 4. The van der Waals surface area contributed by atoms with E-state index in [-0.39, 0.29) is 28.1 Å². The molecule has 1 aromatic rings. The molecule has 24 heavy (non-hydrogen) atoms. The van der Waals surface area contributed by atoms with E-state index in [2.05, 4.69) is 0 Å². The van der Waals surface area contributed by atoms with Crippen LogP contribution in [0, 0.1) is 6.92 Å². The SMILES string of the molecule is CCOC(=O)CCCCCCCc1c(O)c(Cl)c(C)c(C=O)c1O. The maximum atomic E-state index is 11.2. The van der Waals surface area contributed by atoms with Gasteiger partial charge in [-0.05, 0) is 38.7 Å². The number of hydrogen-bond donors (Lipinski definition) is 2. The second-order valence-electron chi connectivity index (χ2n) is 5.72. The van der Waals surface area contributed by atoms with Gasteiger partial charge in [-0.2, -0.15) is 0 Å². The van der Waals surface area contributed by atoms with E-state index in [0.717, 1.165) is 32.1 Å². The molecule has 0 unspecified atom stereocenters. The Morgan fingerprint density at radius 1 is 1.12 bits per heavy atom. The number of carbonyl (C=O) groups excluding carboxylic acids is 2. The molecule has 1 rings (SSSR count). The zero-order valence-electron chi connectivity index (χ0n) is 14.2. The highest BCUT2D eigenvalue weighted by molar-refractivity contribution is 6.33. The summed E-state index contributed by atoms with van der Waals surface area (Å²) in [6, 6.07) is 0. The van der Waals surface area contributed by atoms with Crippen molar-refractivity contribution in [3.05, 3.63) is 21.7 Å². The van der Waals surface area contributed by atoms with Gasteiger partial charge in [-0.1, -0.05) is 30.9 Å². The molecule has 0 aliphatic carbocycles. The van der Waals surface area contributed by atoms with Crippen LogP contribution in [0.15, 0.2) is 0 Å². The second-order valence-corrected chi connectivity index (χ2v) is 6.10. The molecule has 0 fully saturated rings. The summed E-state index contributed by atoms with van der Waals surface area (Å²) in [5.74, 6) is -0.505. The molecule has 0 spiro atoms. The lowest BCUT2D eigenvalue weighted by molar-refractivity contribution is -0.143. The van der Waals surface area contributed by atoms with Crippen LogP contribution in [0.25, 0.3) is 0 Å². The van der Waals surface area contributed by atoms with Crippen LogP contribution < -0.4 is 0 Å². The number of rotatable bonds is 10. The van der Waals surface area contributed by atoms with Gasteiger partial charge in [0, 0.05) is 12.0 Å². The topological polar surface area (TPSA) is 83.8 Å². The van der Waals surface area contributed by atoms with Crippen molar-refractivity contribution >= 4 is 23.9 Å². The molecule has 0 aliphatic heterocycles. The highest BCUT2D eigenvalue weighted by Gasteiger charge is 2.19. The molecule has 0 atom stereocenters. The number of benzene rings is 1. The quantitative estimate of drug-likeness (QED) is 0.370. The van der Waals surface area contributed by atoms with E-state index in [4.69, 9.17) is 16.3 Å². The highest BCUT2D eigenvalue weighted by Crippen LogP contribution is 2.40. The van der Waals surface area contributed by atoms with Crippen LogP contribution in [0.2, 0.25) is 5.02 Å². The molecule has 5 nitrogen and oxygen atoms in total. The number of carbonyl (C=O) groups is 2. The van der Waals surface area contributed by atoms with Crippen molar-refractivity contribution < 1.29 is 24.5 Å². The van der Waals surface area contributed by atoms with Gasteiger partial charge in [0.05, 0.1) is 17.2 Å².